The van der Waals surface area contributed by atoms with Gasteiger partial charge in [0.25, 0.3) is 0 Å². The Bertz CT molecular complexity index is 1190. The van der Waals surface area contributed by atoms with Crippen molar-refractivity contribution in [2.45, 2.75) is 6.54 Å². The first-order valence-electron chi connectivity index (χ1n) is 9.92. The van der Waals surface area contributed by atoms with Gasteiger partial charge in [0.1, 0.15) is 19.0 Å². The third-order valence-electron chi connectivity index (χ3n) is 4.82. The zero-order valence-electron chi connectivity index (χ0n) is 16.9. The second-order valence-electron chi connectivity index (χ2n) is 6.97. The average Bonchev–Trinajstić information content (AvgIpc) is 3.18. The molecule has 0 fully saturated rings. The van der Waals surface area contributed by atoms with Crippen LogP contribution >= 0.6 is 0 Å². The van der Waals surface area contributed by atoms with Crippen LogP contribution in [0.4, 0.5) is 17.5 Å². The van der Waals surface area contributed by atoms with Gasteiger partial charge < -0.3 is 20.1 Å². The number of rotatable bonds is 6. The van der Waals surface area contributed by atoms with E-state index in [0.29, 0.717) is 37.3 Å². The molecule has 9 nitrogen and oxygen atoms in total. The summed E-state index contributed by atoms with van der Waals surface area (Å²) in [6.45, 7) is 1.73. The number of aromatic nitrogens is 5. The summed E-state index contributed by atoms with van der Waals surface area (Å²) in [5.41, 5.74) is 2.78. The van der Waals surface area contributed by atoms with Gasteiger partial charge in [-0.15, -0.1) is 5.10 Å². The van der Waals surface area contributed by atoms with Crippen LogP contribution in [0.2, 0.25) is 0 Å². The van der Waals surface area contributed by atoms with Crippen LogP contribution in [0.1, 0.15) is 5.56 Å². The molecule has 0 amide bonds. The molecule has 4 aromatic rings. The molecule has 156 valence electrons. The van der Waals surface area contributed by atoms with Crippen molar-refractivity contribution < 1.29 is 9.47 Å². The number of aryl methyl sites for hydroxylation is 1. The maximum Gasteiger partial charge on any atom is 0.225 e. The van der Waals surface area contributed by atoms with E-state index in [1.165, 1.54) is 0 Å². The lowest BCUT2D eigenvalue weighted by Crippen LogP contribution is -2.15. The summed E-state index contributed by atoms with van der Waals surface area (Å²) in [6.07, 6.45) is 5.29. The molecular weight excluding hydrogens is 394 g/mol. The number of fused-ring (bicyclic) bond motifs is 1. The van der Waals surface area contributed by atoms with Crippen molar-refractivity contribution in [1.82, 2.24) is 24.7 Å². The SMILES string of the molecule is Cn1nc(-c2cccnc2NCc2ccncc2)nc1Nc1ccc2c(c1)OCCO2. The van der Waals surface area contributed by atoms with Gasteiger partial charge in [0.15, 0.2) is 17.3 Å². The molecule has 1 aliphatic heterocycles. The van der Waals surface area contributed by atoms with Crippen molar-refractivity contribution in [3.8, 4) is 22.9 Å². The Morgan fingerprint density at radius 3 is 2.71 bits per heavy atom. The molecule has 2 N–H and O–H groups in total. The van der Waals surface area contributed by atoms with Crippen LogP contribution < -0.4 is 20.1 Å². The lowest BCUT2D eigenvalue weighted by Gasteiger charge is -2.19. The van der Waals surface area contributed by atoms with E-state index < -0.39 is 0 Å². The van der Waals surface area contributed by atoms with E-state index in [1.807, 2.05) is 49.5 Å². The van der Waals surface area contributed by atoms with Crippen molar-refractivity contribution in [2.75, 3.05) is 23.8 Å². The molecule has 0 bridgehead atoms. The van der Waals surface area contributed by atoms with Crippen LogP contribution in [0.25, 0.3) is 11.4 Å². The minimum absolute atomic E-state index is 0.542. The fourth-order valence-electron chi connectivity index (χ4n) is 3.27. The second kappa shape index (κ2) is 8.31. The quantitative estimate of drug-likeness (QED) is 0.494. The van der Waals surface area contributed by atoms with E-state index >= 15 is 0 Å². The first-order valence-corrected chi connectivity index (χ1v) is 9.92. The van der Waals surface area contributed by atoms with Gasteiger partial charge in [0.05, 0.1) is 5.56 Å². The van der Waals surface area contributed by atoms with E-state index in [-0.39, 0.29) is 0 Å². The van der Waals surface area contributed by atoms with Crippen LogP contribution in [0, 0.1) is 0 Å². The Morgan fingerprint density at radius 2 is 1.84 bits per heavy atom. The Balaban J connectivity index is 1.37. The first kappa shape index (κ1) is 18.9. The van der Waals surface area contributed by atoms with Gasteiger partial charge in [0, 0.05) is 43.9 Å². The minimum atomic E-state index is 0.542. The van der Waals surface area contributed by atoms with Crippen LogP contribution in [0.5, 0.6) is 11.5 Å². The van der Waals surface area contributed by atoms with E-state index in [0.717, 1.165) is 28.4 Å². The van der Waals surface area contributed by atoms with Gasteiger partial charge in [-0.2, -0.15) is 4.98 Å². The van der Waals surface area contributed by atoms with E-state index in [1.54, 1.807) is 23.3 Å². The standard InChI is InChI=1S/C22H21N7O2/c1-29-22(26-16-4-5-18-19(13-16)31-12-11-30-18)27-21(28-29)17-3-2-8-24-20(17)25-14-15-6-9-23-10-7-15/h2-10,13H,11-12,14H2,1H3,(H,24,25)(H,26,27,28). The van der Waals surface area contributed by atoms with Crippen LogP contribution in [-0.2, 0) is 13.6 Å². The maximum atomic E-state index is 5.66. The molecule has 9 heteroatoms. The molecule has 5 rings (SSSR count). The molecule has 1 aliphatic rings. The van der Waals surface area contributed by atoms with E-state index in [9.17, 15) is 0 Å². The lowest BCUT2D eigenvalue weighted by atomic mass is 10.2. The number of anilines is 3. The van der Waals surface area contributed by atoms with Crippen LogP contribution in [0.15, 0.2) is 61.1 Å². The van der Waals surface area contributed by atoms with Crippen molar-refractivity contribution in [3.05, 3.63) is 66.6 Å². The van der Waals surface area contributed by atoms with Crippen molar-refractivity contribution >= 4 is 17.5 Å². The fourth-order valence-corrected chi connectivity index (χ4v) is 3.27. The molecule has 31 heavy (non-hydrogen) atoms. The smallest absolute Gasteiger partial charge is 0.225 e. The average molecular weight is 415 g/mol. The molecular formula is C22H21N7O2. The highest BCUT2D eigenvalue weighted by atomic mass is 16.6. The normalized spacial score (nSPS) is 12.4. The van der Waals surface area contributed by atoms with Crippen LogP contribution in [-0.4, -0.2) is 37.9 Å². The number of pyridine rings is 2. The topological polar surface area (TPSA) is 99.0 Å². The van der Waals surface area contributed by atoms with Gasteiger partial charge in [-0.25, -0.2) is 9.67 Å². The number of nitrogens with zero attached hydrogens (tertiary/aromatic N) is 5. The van der Waals surface area contributed by atoms with Gasteiger partial charge in [-0.1, -0.05) is 0 Å². The van der Waals surface area contributed by atoms with Gasteiger partial charge in [-0.05, 0) is 42.0 Å². The Hall–Kier alpha value is -4.14. The highest BCUT2D eigenvalue weighted by Crippen LogP contribution is 2.33. The predicted molar refractivity (Wildman–Crippen MR) is 117 cm³/mol. The number of nitrogens with one attached hydrogen (secondary N) is 2. The van der Waals surface area contributed by atoms with Crippen molar-refractivity contribution in [2.24, 2.45) is 7.05 Å². The predicted octanol–water partition coefficient (Wildman–Crippen LogP) is 3.40. The molecule has 0 aliphatic carbocycles. The summed E-state index contributed by atoms with van der Waals surface area (Å²) in [5, 5.41) is 11.2. The van der Waals surface area contributed by atoms with Crippen molar-refractivity contribution in [3.63, 3.8) is 0 Å². The number of ether oxygens (including phenoxy) is 2. The van der Waals surface area contributed by atoms with E-state index in [4.69, 9.17) is 9.47 Å². The fraction of sp³-hybridized carbons (Fsp3) is 0.182. The summed E-state index contributed by atoms with van der Waals surface area (Å²) >= 11 is 0. The number of benzene rings is 1. The van der Waals surface area contributed by atoms with E-state index in [2.05, 4.69) is 30.7 Å². The molecule has 0 atom stereocenters. The molecule has 0 spiro atoms. The Kier molecular flexibility index (Phi) is 5.05. The maximum absolute atomic E-state index is 5.66. The highest BCUT2D eigenvalue weighted by Gasteiger charge is 2.16. The zero-order valence-corrected chi connectivity index (χ0v) is 16.9. The number of hydrogen-bond acceptors (Lipinski definition) is 8. The summed E-state index contributed by atoms with van der Waals surface area (Å²) in [6, 6.07) is 13.5. The summed E-state index contributed by atoms with van der Waals surface area (Å²) in [5.74, 6) is 3.36. The van der Waals surface area contributed by atoms with Gasteiger partial charge in [0.2, 0.25) is 5.95 Å². The Morgan fingerprint density at radius 1 is 1.00 bits per heavy atom. The molecule has 0 saturated carbocycles. The summed E-state index contributed by atoms with van der Waals surface area (Å²) in [4.78, 5) is 13.2. The lowest BCUT2D eigenvalue weighted by molar-refractivity contribution is 0.171. The summed E-state index contributed by atoms with van der Waals surface area (Å²) < 4.78 is 12.9. The van der Waals surface area contributed by atoms with Gasteiger partial charge >= 0.3 is 0 Å². The third kappa shape index (κ3) is 4.11. The number of hydrogen-bond donors (Lipinski definition) is 2. The zero-order chi connectivity index (χ0) is 21.0. The molecule has 0 unspecified atom stereocenters. The van der Waals surface area contributed by atoms with Crippen LogP contribution in [0.3, 0.4) is 0 Å². The largest absolute Gasteiger partial charge is 0.486 e. The molecule has 0 radical (unpaired) electrons. The highest BCUT2D eigenvalue weighted by molar-refractivity contribution is 5.71. The first-order chi connectivity index (χ1) is 15.3. The van der Waals surface area contributed by atoms with Crippen molar-refractivity contribution in [1.29, 1.82) is 0 Å². The third-order valence-corrected chi connectivity index (χ3v) is 4.82. The van der Waals surface area contributed by atoms with Gasteiger partial charge in [-0.3, -0.25) is 4.98 Å². The molecule has 0 saturated heterocycles. The second-order valence-corrected chi connectivity index (χ2v) is 6.97. The summed E-state index contributed by atoms with van der Waals surface area (Å²) in [7, 11) is 1.84. The molecule has 1 aromatic carbocycles. The monoisotopic (exact) mass is 415 g/mol. The molecule has 3 aromatic heterocycles. The minimum Gasteiger partial charge on any atom is -0.486 e. The molecule has 4 heterocycles. The Labute approximate surface area is 179 Å².